The smallest absolute Gasteiger partial charge is 0.000463 e. The van der Waals surface area contributed by atoms with Crippen LogP contribution >= 0.6 is 0 Å². The predicted octanol–water partition coefficient (Wildman–Crippen LogP) is 1.75. The molecule has 3 saturated heterocycles. The van der Waals surface area contributed by atoms with E-state index in [0.29, 0.717) is 0 Å². The Hall–Kier alpha value is -0.120. The highest BCUT2D eigenvalue weighted by molar-refractivity contribution is 4.88. The number of rotatable bonds is 0. The molecule has 0 aromatic heterocycles. The molecule has 4 rings (SSSR count). The first-order valence-corrected chi connectivity index (χ1v) is 8.50. The van der Waals surface area contributed by atoms with Gasteiger partial charge in [0.05, 0.1) is 0 Å². The molecule has 0 amide bonds. The van der Waals surface area contributed by atoms with Crippen molar-refractivity contribution in [2.75, 3.05) is 39.3 Å². The van der Waals surface area contributed by atoms with Crippen LogP contribution in [-0.2, 0) is 0 Å². The average Bonchev–Trinajstić information content (AvgIpc) is 3.04. The van der Waals surface area contributed by atoms with Crippen molar-refractivity contribution in [2.45, 2.75) is 44.9 Å². The molecule has 3 heteroatoms. The van der Waals surface area contributed by atoms with Gasteiger partial charge in [-0.25, -0.2) is 0 Å². The van der Waals surface area contributed by atoms with Gasteiger partial charge in [-0.2, -0.15) is 0 Å². The molecule has 0 aromatic carbocycles. The fourth-order valence-corrected chi connectivity index (χ4v) is 4.48. The first kappa shape index (κ1) is 13.8. The minimum Gasteiger partial charge on any atom is -0.317 e. The fraction of sp³-hybridized carbons (Fsp3) is 1.00. The third-order valence-corrected chi connectivity index (χ3v) is 5.87. The molecule has 1 saturated carbocycles. The molecule has 1 spiro atoms. The van der Waals surface area contributed by atoms with Crippen LogP contribution in [-0.4, -0.2) is 39.3 Å². The van der Waals surface area contributed by atoms with Crippen molar-refractivity contribution in [1.29, 1.82) is 0 Å². The van der Waals surface area contributed by atoms with E-state index in [1.54, 1.807) is 0 Å². The Kier molecular flexibility index (Phi) is 4.78. The van der Waals surface area contributed by atoms with Crippen molar-refractivity contribution >= 4 is 0 Å². The van der Waals surface area contributed by atoms with E-state index in [1.165, 1.54) is 84.2 Å². The van der Waals surface area contributed by atoms with Crippen LogP contribution in [0.25, 0.3) is 0 Å². The SMILES string of the molecule is C1CCC2(CC1)CCNCC2.C1NCC2CNCC12. The standard InChI is InChI=1S/C10H19N.C6H12N2/c1-2-4-10(5-3-1)6-8-11-9-7-10;1-5-2-8-4-6(5)3-7-1/h11H,1-9H2;5-8H,1-4H2. The number of hydrogen-bond acceptors (Lipinski definition) is 3. The lowest BCUT2D eigenvalue weighted by Crippen LogP contribution is -2.37. The molecule has 3 aliphatic heterocycles. The van der Waals surface area contributed by atoms with E-state index in [-0.39, 0.29) is 0 Å². The number of fused-ring (bicyclic) bond motifs is 1. The normalized spacial score (nSPS) is 36.6. The van der Waals surface area contributed by atoms with Crippen molar-refractivity contribution in [3.8, 4) is 0 Å². The third-order valence-electron chi connectivity index (χ3n) is 5.87. The first-order valence-electron chi connectivity index (χ1n) is 8.50. The topological polar surface area (TPSA) is 36.1 Å². The lowest BCUT2D eigenvalue weighted by Gasteiger charge is -2.40. The van der Waals surface area contributed by atoms with Crippen LogP contribution in [0.4, 0.5) is 0 Å². The monoisotopic (exact) mass is 265 g/mol. The molecule has 1 aliphatic carbocycles. The van der Waals surface area contributed by atoms with E-state index in [0.717, 1.165) is 17.3 Å². The highest BCUT2D eigenvalue weighted by Crippen LogP contribution is 2.42. The summed E-state index contributed by atoms with van der Waals surface area (Å²) < 4.78 is 0. The third kappa shape index (κ3) is 3.50. The zero-order chi connectivity index (χ0) is 13.0. The van der Waals surface area contributed by atoms with Gasteiger partial charge in [0, 0.05) is 0 Å². The Morgan fingerprint density at radius 3 is 1.63 bits per heavy atom. The van der Waals surface area contributed by atoms with Crippen LogP contribution in [0, 0.1) is 17.3 Å². The summed E-state index contributed by atoms with van der Waals surface area (Å²) in [6.45, 7) is 7.55. The average molecular weight is 265 g/mol. The minimum absolute atomic E-state index is 0.795. The van der Waals surface area contributed by atoms with Gasteiger partial charge in [0.25, 0.3) is 0 Å². The zero-order valence-corrected chi connectivity index (χ0v) is 12.3. The molecule has 0 unspecified atom stereocenters. The van der Waals surface area contributed by atoms with Gasteiger partial charge in [0.2, 0.25) is 0 Å². The quantitative estimate of drug-likeness (QED) is 0.624. The second kappa shape index (κ2) is 6.55. The molecule has 3 heterocycles. The lowest BCUT2D eigenvalue weighted by molar-refractivity contribution is 0.134. The highest BCUT2D eigenvalue weighted by Gasteiger charge is 2.32. The Morgan fingerprint density at radius 1 is 0.579 bits per heavy atom. The molecule has 0 aromatic rings. The summed E-state index contributed by atoms with van der Waals surface area (Å²) in [5.41, 5.74) is 0.795. The molecule has 3 N–H and O–H groups in total. The van der Waals surface area contributed by atoms with Gasteiger partial charge in [-0.1, -0.05) is 19.3 Å². The van der Waals surface area contributed by atoms with Crippen molar-refractivity contribution in [2.24, 2.45) is 17.3 Å². The summed E-state index contributed by atoms with van der Waals surface area (Å²) in [6.07, 6.45) is 10.4. The molecule has 0 bridgehead atoms. The van der Waals surface area contributed by atoms with E-state index in [2.05, 4.69) is 16.0 Å². The summed E-state index contributed by atoms with van der Waals surface area (Å²) in [5, 5.41) is 10.2. The van der Waals surface area contributed by atoms with E-state index in [1.807, 2.05) is 0 Å². The zero-order valence-electron chi connectivity index (χ0n) is 12.3. The number of nitrogens with one attached hydrogen (secondary N) is 3. The molecule has 0 radical (unpaired) electrons. The van der Waals surface area contributed by atoms with Crippen LogP contribution in [0.15, 0.2) is 0 Å². The summed E-state index contributed by atoms with van der Waals surface area (Å²) in [5.74, 6) is 1.91. The van der Waals surface area contributed by atoms with Gasteiger partial charge in [0.1, 0.15) is 0 Å². The maximum Gasteiger partial charge on any atom is -0.000463 e. The molecule has 4 fully saturated rings. The van der Waals surface area contributed by atoms with E-state index in [9.17, 15) is 0 Å². The van der Waals surface area contributed by atoms with Gasteiger partial charge in [0.15, 0.2) is 0 Å². The number of piperidine rings is 1. The van der Waals surface area contributed by atoms with Crippen LogP contribution in [0.1, 0.15) is 44.9 Å². The lowest BCUT2D eigenvalue weighted by atomic mass is 9.68. The molecule has 0 atom stereocenters. The molecule has 3 nitrogen and oxygen atoms in total. The highest BCUT2D eigenvalue weighted by atomic mass is 15.0. The molecular formula is C16H31N3. The maximum atomic E-state index is 3.46. The van der Waals surface area contributed by atoms with Crippen molar-refractivity contribution in [3.05, 3.63) is 0 Å². The molecular weight excluding hydrogens is 234 g/mol. The van der Waals surface area contributed by atoms with E-state index in [4.69, 9.17) is 0 Å². The van der Waals surface area contributed by atoms with Crippen LogP contribution < -0.4 is 16.0 Å². The first-order chi connectivity index (χ1) is 9.38. The largest absolute Gasteiger partial charge is 0.317 e. The van der Waals surface area contributed by atoms with E-state index < -0.39 is 0 Å². The van der Waals surface area contributed by atoms with E-state index >= 15 is 0 Å². The molecule has 4 aliphatic rings. The summed E-state index contributed by atoms with van der Waals surface area (Å²) in [4.78, 5) is 0. The van der Waals surface area contributed by atoms with Crippen LogP contribution in [0.5, 0.6) is 0 Å². The predicted molar refractivity (Wildman–Crippen MR) is 80.3 cm³/mol. The Labute approximate surface area is 118 Å². The summed E-state index contributed by atoms with van der Waals surface area (Å²) in [7, 11) is 0. The molecule has 110 valence electrons. The second-order valence-electron chi connectivity index (χ2n) is 7.15. The van der Waals surface area contributed by atoms with Gasteiger partial charge in [-0.05, 0) is 82.2 Å². The van der Waals surface area contributed by atoms with Gasteiger partial charge < -0.3 is 16.0 Å². The van der Waals surface area contributed by atoms with Gasteiger partial charge in [-0.15, -0.1) is 0 Å². The maximum absolute atomic E-state index is 3.46. The van der Waals surface area contributed by atoms with Crippen LogP contribution in [0.2, 0.25) is 0 Å². The second-order valence-corrected chi connectivity index (χ2v) is 7.15. The molecule has 19 heavy (non-hydrogen) atoms. The van der Waals surface area contributed by atoms with Gasteiger partial charge in [-0.3, -0.25) is 0 Å². The number of hydrogen-bond donors (Lipinski definition) is 3. The minimum atomic E-state index is 0.795. The Morgan fingerprint density at radius 2 is 1.11 bits per heavy atom. The fourth-order valence-electron chi connectivity index (χ4n) is 4.48. The van der Waals surface area contributed by atoms with Crippen LogP contribution in [0.3, 0.4) is 0 Å². The Balaban J connectivity index is 0.000000122. The van der Waals surface area contributed by atoms with Crippen molar-refractivity contribution in [1.82, 2.24) is 16.0 Å². The summed E-state index contributed by atoms with van der Waals surface area (Å²) in [6, 6.07) is 0. The van der Waals surface area contributed by atoms with Crippen molar-refractivity contribution in [3.63, 3.8) is 0 Å². The van der Waals surface area contributed by atoms with Crippen molar-refractivity contribution < 1.29 is 0 Å². The summed E-state index contributed by atoms with van der Waals surface area (Å²) >= 11 is 0. The Bertz CT molecular complexity index is 228. The van der Waals surface area contributed by atoms with Gasteiger partial charge >= 0.3 is 0 Å².